The lowest BCUT2D eigenvalue weighted by molar-refractivity contribution is -0.0600. The lowest BCUT2D eigenvalue weighted by Gasteiger charge is -2.07. The van der Waals surface area contributed by atoms with Gasteiger partial charge in [-0.2, -0.15) is 13.2 Å². The molecule has 112 valence electrons. The van der Waals surface area contributed by atoms with E-state index in [1.165, 1.54) is 36.1 Å². The summed E-state index contributed by atoms with van der Waals surface area (Å²) in [6, 6.07) is 4.21. The fraction of sp³-hybridized carbons (Fsp3) is 0.231. The van der Waals surface area contributed by atoms with Crippen molar-refractivity contribution in [3.8, 4) is 0 Å². The van der Waals surface area contributed by atoms with E-state index in [1.807, 2.05) is 0 Å². The first-order chi connectivity index (χ1) is 9.79. The highest BCUT2D eigenvalue weighted by molar-refractivity contribution is 6.14. The van der Waals surface area contributed by atoms with Crippen LogP contribution in [0.15, 0.2) is 29.6 Å². The molecule has 0 aliphatic heterocycles. The number of aryl methyl sites for hydroxylation is 1. The van der Waals surface area contributed by atoms with E-state index < -0.39 is 17.9 Å². The van der Waals surface area contributed by atoms with Crippen molar-refractivity contribution in [3.05, 3.63) is 35.5 Å². The fourth-order valence-electron chi connectivity index (χ4n) is 2.09. The third-order valence-corrected chi connectivity index (χ3v) is 3.03. The number of ether oxygens (including phenoxy) is 1. The molecule has 1 aromatic heterocycles. The van der Waals surface area contributed by atoms with E-state index in [1.54, 1.807) is 7.05 Å². The first-order valence-corrected chi connectivity index (χ1v) is 5.76. The molecule has 0 amide bonds. The number of carbonyl (C=O) groups is 1. The van der Waals surface area contributed by atoms with Gasteiger partial charge in [0.2, 0.25) is 0 Å². The number of rotatable bonds is 2. The van der Waals surface area contributed by atoms with Crippen molar-refractivity contribution in [2.45, 2.75) is 6.18 Å². The van der Waals surface area contributed by atoms with E-state index in [0.717, 1.165) is 0 Å². The second-order valence-electron chi connectivity index (χ2n) is 4.32. The normalized spacial score (nSPS) is 12.7. The van der Waals surface area contributed by atoms with Crippen molar-refractivity contribution in [1.29, 1.82) is 0 Å². The Morgan fingerprint density at radius 2 is 2.05 bits per heavy atom. The van der Waals surface area contributed by atoms with E-state index >= 15 is 0 Å². The zero-order chi connectivity index (χ0) is 15.8. The summed E-state index contributed by atoms with van der Waals surface area (Å²) in [5.41, 5.74) is -1.16. The van der Waals surface area contributed by atoms with Gasteiger partial charge in [0.05, 0.1) is 12.7 Å². The molecule has 0 saturated carbocycles. The Balaban J connectivity index is 2.72. The number of aromatic nitrogens is 1. The van der Waals surface area contributed by atoms with Crippen LogP contribution in [0, 0.1) is 0 Å². The minimum Gasteiger partial charge on any atom is -0.465 e. The number of fused-ring (bicyclic) bond motifs is 1. The number of oxime groups is 1. The van der Waals surface area contributed by atoms with Gasteiger partial charge in [-0.05, 0) is 18.2 Å². The van der Waals surface area contributed by atoms with Crippen molar-refractivity contribution < 1.29 is 27.9 Å². The molecule has 2 aromatic rings. The predicted molar refractivity (Wildman–Crippen MR) is 68.6 cm³/mol. The van der Waals surface area contributed by atoms with Crippen LogP contribution in [0.1, 0.15) is 15.9 Å². The lowest BCUT2D eigenvalue weighted by Crippen LogP contribution is -2.23. The Morgan fingerprint density at radius 1 is 1.38 bits per heavy atom. The van der Waals surface area contributed by atoms with E-state index in [9.17, 15) is 18.0 Å². The molecule has 0 unspecified atom stereocenters. The van der Waals surface area contributed by atoms with Crippen LogP contribution in [-0.2, 0) is 11.8 Å². The maximum absolute atomic E-state index is 12.9. The van der Waals surface area contributed by atoms with Crippen LogP contribution in [0.4, 0.5) is 13.2 Å². The first-order valence-electron chi connectivity index (χ1n) is 5.76. The van der Waals surface area contributed by atoms with Gasteiger partial charge in [0.25, 0.3) is 0 Å². The van der Waals surface area contributed by atoms with Crippen molar-refractivity contribution >= 4 is 22.6 Å². The monoisotopic (exact) mass is 300 g/mol. The van der Waals surface area contributed by atoms with Crippen molar-refractivity contribution in [1.82, 2.24) is 4.57 Å². The number of esters is 1. The number of carbonyl (C=O) groups excluding carboxylic acids is 1. The SMILES string of the molecule is COC(=O)c1ccc2c(c1)c(/C(=N\O)C(F)(F)F)cn2C. The predicted octanol–water partition coefficient (Wildman–Crippen LogP) is 2.71. The zero-order valence-corrected chi connectivity index (χ0v) is 11.1. The molecule has 5 nitrogen and oxygen atoms in total. The van der Waals surface area contributed by atoms with E-state index in [-0.39, 0.29) is 16.5 Å². The summed E-state index contributed by atoms with van der Waals surface area (Å²) in [6.45, 7) is 0. The molecule has 0 aliphatic rings. The molecule has 1 N–H and O–H groups in total. The molecule has 1 aromatic carbocycles. The smallest absolute Gasteiger partial charge is 0.437 e. The highest BCUT2D eigenvalue weighted by Gasteiger charge is 2.39. The summed E-state index contributed by atoms with van der Waals surface area (Å²) < 4.78 is 44.6. The molecule has 0 spiro atoms. The lowest BCUT2D eigenvalue weighted by atomic mass is 10.1. The number of nitrogens with zero attached hydrogens (tertiary/aromatic N) is 2. The standard InChI is InChI=1S/C13H11F3N2O3/c1-18-6-9(11(17-20)13(14,15)16)8-5-7(12(19)21-2)3-4-10(8)18/h3-6,20H,1-2H3/b17-11+. The van der Waals surface area contributed by atoms with Gasteiger partial charge in [0, 0.05) is 29.7 Å². The van der Waals surface area contributed by atoms with Crippen molar-refractivity contribution in [2.24, 2.45) is 12.2 Å². The van der Waals surface area contributed by atoms with Crippen LogP contribution in [0.3, 0.4) is 0 Å². The molecule has 21 heavy (non-hydrogen) atoms. The van der Waals surface area contributed by atoms with E-state index in [2.05, 4.69) is 9.89 Å². The summed E-state index contributed by atoms with van der Waals surface area (Å²) in [5.74, 6) is -0.666. The average Bonchev–Trinajstić information content (AvgIpc) is 2.74. The molecule has 0 saturated heterocycles. The van der Waals surface area contributed by atoms with Gasteiger partial charge in [-0.3, -0.25) is 0 Å². The van der Waals surface area contributed by atoms with Gasteiger partial charge in [-0.25, -0.2) is 4.79 Å². The highest BCUT2D eigenvalue weighted by atomic mass is 19.4. The molecule has 2 rings (SSSR count). The zero-order valence-electron chi connectivity index (χ0n) is 11.1. The molecular formula is C13H11F3N2O3. The minimum atomic E-state index is -4.82. The first kappa shape index (κ1) is 14.9. The van der Waals surface area contributed by atoms with Gasteiger partial charge >= 0.3 is 12.1 Å². The Kier molecular flexibility index (Phi) is 3.63. The van der Waals surface area contributed by atoms with Crippen LogP contribution < -0.4 is 0 Å². The Hall–Kier alpha value is -2.51. The Labute approximate surface area is 117 Å². The van der Waals surface area contributed by atoms with Gasteiger partial charge in [-0.15, -0.1) is 0 Å². The average molecular weight is 300 g/mol. The largest absolute Gasteiger partial charge is 0.465 e. The summed E-state index contributed by atoms with van der Waals surface area (Å²) in [7, 11) is 2.73. The Bertz CT molecular complexity index is 732. The van der Waals surface area contributed by atoms with Gasteiger partial charge in [0.1, 0.15) is 0 Å². The maximum Gasteiger partial charge on any atom is 0.437 e. The summed E-state index contributed by atoms with van der Waals surface area (Å²) in [6.07, 6.45) is -3.63. The topological polar surface area (TPSA) is 63.8 Å². The second kappa shape index (κ2) is 5.12. The van der Waals surface area contributed by atoms with Crippen molar-refractivity contribution in [2.75, 3.05) is 7.11 Å². The highest BCUT2D eigenvalue weighted by Crippen LogP contribution is 2.29. The van der Waals surface area contributed by atoms with Crippen LogP contribution in [0.25, 0.3) is 10.9 Å². The van der Waals surface area contributed by atoms with Gasteiger partial charge in [0.15, 0.2) is 5.71 Å². The minimum absolute atomic E-state index is 0.108. The summed E-state index contributed by atoms with van der Waals surface area (Å²) in [4.78, 5) is 11.5. The quantitative estimate of drug-likeness (QED) is 0.401. The van der Waals surface area contributed by atoms with Gasteiger partial charge < -0.3 is 14.5 Å². The number of halogens is 3. The van der Waals surface area contributed by atoms with Gasteiger partial charge in [-0.1, -0.05) is 5.16 Å². The second-order valence-corrected chi connectivity index (χ2v) is 4.32. The number of hydrogen-bond donors (Lipinski definition) is 1. The molecule has 1 heterocycles. The van der Waals surface area contributed by atoms with Crippen LogP contribution in [0.2, 0.25) is 0 Å². The summed E-state index contributed by atoms with van der Waals surface area (Å²) in [5, 5.41) is 11.2. The van der Waals surface area contributed by atoms with E-state index in [0.29, 0.717) is 5.52 Å². The number of benzene rings is 1. The molecule has 0 radical (unpaired) electrons. The Morgan fingerprint density at radius 3 is 2.57 bits per heavy atom. The maximum atomic E-state index is 12.9. The molecule has 0 bridgehead atoms. The molecule has 8 heteroatoms. The molecule has 0 fully saturated rings. The number of alkyl halides is 3. The van der Waals surface area contributed by atoms with Crippen molar-refractivity contribution in [3.63, 3.8) is 0 Å². The number of methoxy groups -OCH3 is 1. The fourth-order valence-corrected chi connectivity index (χ4v) is 2.09. The number of hydrogen-bond acceptors (Lipinski definition) is 4. The third-order valence-electron chi connectivity index (χ3n) is 3.03. The molecular weight excluding hydrogens is 289 g/mol. The third kappa shape index (κ3) is 2.56. The van der Waals surface area contributed by atoms with Crippen LogP contribution in [0.5, 0.6) is 0 Å². The molecule has 0 atom stereocenters. The van der Waals surface area contributed by atoms with Crippen LogP contribution >= 0.6 is 0 Å². The summed E-state index contributed by atoms with van der Waals surface area (Å²) >= 11 is 0. The van der Waals surface area contributed by atoms with Crippen LogP contribution in [-0.4, -0.2) is 34.7 Å². The van der Waals surface area contributed by atoms with E-state index in [4.69, 9.17) is 5.21 Å². The molecule has 0 aliphatic carbocycles.